The molecule has 2 aromatic heterocycles. The largest absolute Gasteiger partial charge is 0.324 e. The Kier molecular flexibility index (Phi) is 5.15. The summed E-state index contributed by atoms with van der Waals surface area (Å²) in [6, 6.07) is 17.3. The molecule has 0 bridgehead atoms. The number of aryl methyl sites for hydroxylation is 1. The first-order chi connectivity index (χ1) is 13.6. The molecule has 0 saturated heterocycles. The summed E-state index contributed by atoms with van der Waals surface area (Å²) in [5, 5.41) is 13.4. The molecule has 5 nitrogen and oxygen atoms in total. The van der Waals surface area contributed by atoms with Crippen molar-refractivity contribution in [2.24, 2.45) is 0 Å². The number of pyridine rings is 1. The molecule has 28 heavy (non-hydrogen) atoms. The van der Waals surface area contributed by atoms with E-state index in [9.17, 15) is 0 Å². The summed E-state index contributed by atoms with van der Waals surface area (Å²) in [4.78, 5) is 9.10. The number of nitrogens with one attached hydrogen (secondary N) is 2. The SMILES string of the molecule is CCn1c(=N)c(-c2c(Cl)cccc2Br)cc2cnc(Nc3ccccc3)nc21. The lowest BCUT2D eigenvalue weighted by Crippen LogP contribution is -2.23. The van der Waals surface area contributed by atoms with E-state index in [0.29, 0.717) is 28.7 Å². The average Bonchev–Trinajstić information content (AvgIpc) is 2.69. The third kappa shape index (κ3) is 3.41. The van der Waals surface area contributed by atoms with Crippen LogP contribution in [0.1, 0.15) is 6.92 Å². The molecule has 0 radical (unpaired) electrons. The van der Waals surface area contributed by atoms with E-state index in [4.69, 9.17) is 17.0 Å². The Morgan fingerprint density at radius 1 is 1.14 bits per heavy atom. The van der Waals surface area contributed by atoms with Crippen molar-refractivity contribution in [3.8, 4) is 11.1 Å². The zero-order valence-corrected chi connectivity index (χ0v) is 17.4. The molecule has 0 saturated carbocycles. The van der Waals surface area contributed by atoms with Crippen LogP contribution in [0, 0.1) is 5.41 Å². The van der Waals surface area contributed by atoms with Crippen molar-refractivity contribution < 1.29 is 0 Å². The van der Waals surface area contributed by atoms with Crippen LogP contribution in [0.15, 0.2) is 65.3 Å². The second-order valence-corrected chi connectivity index (χ2v) is 7.47. The molecule has 0 aliphatic heterocycles. The van der Waals surface area contributed by atoms with Gasteiger partial charge in [0.2, 0.25) is 5.95 Å². The lowest BCUT2D eigenvalue weighted by molar-refractivity contribution is 0.726. The highest BCUT2D eigenvalue weighted by atomic mass is 79.9. The summed E-state index contributed by atoms with van der Waals surface area (Å²) in [6.45, 7) is 2.60. The summed E-state index contributed by atoms with van der Waals surface area (Å²) < 4.78 is 2.71. The summed E-state index contributed by atoms with van der Waals surface area (Å²) >= 11 is 9.99. The Labute approximate surface area is 175 Å². The average molecular weight is 455 g/mol. The van der Waals surface area contributed by atoms with E-state index >= 15 is 0 Å². The number of benzene rings is 2. The molecule has 140 valence electrons. The van der Waals surface area contributed by atoms with Gasteiger partial charge in [0.05, 0.1) is 0 Å². The predicted molar refractivity (Wildman–Crippen MR) is 117 cm³/mol. The molecule has 0 aliphatic carbocycles. The van der Waals surface area contributed by atoms with Crippen molar-refractivity contribution in [1.82, 2.24) is 14.5 Å². The number of fused-ring (bicyclic) bond motifs is 1. The second-order valence-electron chi connectivity index (χ2n) is 6.21. The molecule has 0 atom stereocenters. The maximum atomic E-state index is 8.75. The Hall–Kier alpha value is -2.70. The molecule has 4 rings (SSSR count). The molecule has 2 N–H and O–H groups in total. The van der Waals surface area contributed by atoms with Crippen LogP contribution in [0.3, 0.4) is 0 Å². The molecule has 2 heterocycles. The van der Waals surface area contributed by atoms with Gasteiger partial charge in [-0.15, -0.1) is 0 Å². The lowest BCUT2D eigenvalue weighted by Gasteiger charge is -2.15. The van der Waals surface area contributed by atoms with Gasteiger partial charge in [-0.05, 0) is 37.3 Å². The summed E-state index contributed by atoms with van der Waals surface area (Å²) in [5.74, 6) is 0.493. The normalized spacial score (nSPS) is 11.0. The molecule has 0 amide bonds. The number of hydrogen-bond donors (Lipinski definition) is 2. The third-order valence-electron chi connectivity index (χ3n) is 4.45. The Bertz CT molecular complexity index is 1200. The zero-order chi connectivity index (χ0) is 19.7. The highest BCUT2D eigenvalue weighted by Gasteiger charge is 2.15. The van der Waals surface area contributed by atoms with Gasteiger partial charge >= 0.3 is 0 Å². The number of aromatic nitrogens is 3. The number of halogens is 2. The van der Waals surface area contributed by atoms with E-state index in [0.717, 1.165) is 26.7 Å². The van der Waals surface area contributed by atoms with Crippen LogP contribution in [0.2, 0.25) is 5.02 Å². The molecule has 0 fully saturated rings. The number of anilines is 2. The Morgan fingerprint density at radius 3 is 2.64 bits per heavy atom. The molecule has 2 aromatic carbocycles. The molecule has 0 spiro atoms. The smallest absolute Gasteiger partial charge is 0.229 e. The minimum atomic E-state index is 0.355. The zero-order valence-electron chi connectivity index (χ0n) is 15.1. The van der Waals surface area contributed by atoms with E-state index in [-0.39, 0.29) is 0 Å². The highest BCUT2D eigenvalue weighted by Crippen LogP contribution is 2.34. The standard InChI is InChI=1S/C21H17BrClN5/c1-2-28-19(24)15(18-16(22)9-6-10-17(18)23)11-13-12-25-21(27-20(13)28)26-14-7-4-3-5-8-14/h3-12,24H,2H2,1H3,(H,25,26,27). The van der Waals surface area contributed by atoms with E-state index in [1.807, 2.05) is 66.1 Å². The molecular formula is C21H17BrClN5. The van der Waals surface area contributed by atoms with Gasteiger partial charge in [0.25, 0.3) is 0 Å². The monoisotopic (exact) mass is 453 g/mol. The minimum Gasteiger partial charge on any atom is -0.324 e. The summed E-state index contributed by atoms with van der Waals surface area (Å²) in [6.07, 6.45) is 1.77. The minimum absolute atomic E-state index is 0.355. The van der Waals surface area contributed by atoms with Crippen molar-refractivity contribution in [2.45, 2.75) is 13.5 Å². The molecule has 0 aliphatic rings. The van der Waals surface area contributed by atoms with E-state index < -0.39 is 0 Å². The van der Waals surface area contributed by atoms with Gasteiger partial charge < -0.3 is 9.88 Å². The van der Waals surface area contributed by atoms with Crippen LogP contribution in [-0.4, -0.2) is 14.5 Å². The first-order valence-electron chi connectivity index (χ1n) is 8.80. The maximum Gasteiger partial charge on any atom is 0.229 e. The van der Waals surface area contributed by atoms with Crippen LogP contribution in [0.25, 0.3) is 22.2 Å². The van der Waals surface area contributed by atoms with Crippen molar-refractivity contribution in [2.75, 3.05) is 5.32 Å². The fourth-order valence-corrected chi connectivity index (χ4v) is 4.11. The van der Waals surface area contributed by atoms with Crippen LogP contribution in [-0.2, 0) is 6.54 Å². The van der Waals surface area contributed by atoms with Crippen molar-refractivity contribution >= 4 is 50.2 Å². The van der Waals surface area contributed by atoms with Crippen LogP contribution in [0.5, 0.6) is 0 Å². The van der Waals surface area contributed by atoms with E-state index in [1.165, 1.54) is 0 Å². The van der Waals surface area contributed by atoms with Gasteiger partial charge in [-0.2, -0.15) is 4.98 Å². The topological polar surface area (TPSA) is 66.6 Å². The fraction of sp³-hybridized carbons (Fsp3) is 0.0952. The first-order valence-corrected chi connectivity index (χ1v) is 9.97. The van der Waals surface area contributed by atoms with Crippen LogP contribution >= 0.6 is 27.5 Å². The van der Waals surface area contributed by atoms with E-state index in [1.54, 1.807) is 6.20 Å². The second kappa shape index (κ2) is 7.73. The molecule has 0 unspecified atom stereocenters. The molecule has 7 heteroatoms. The lowest BCUT2D eigenvalue weighted by atomic mass is 10.1. The van der Waals surface area contributed by atoms with Gasteiger partial charge in [0, 0.05) is 44.4 Å². The molecule has 4 aromatic rings. The van der Waals surface area contributed by atoms with Gasteiger partial charge in [-0.3, -0.25) is 5.41 Å². The first kappa shape index (κ1) is 18.7. The van der Waals surface area contributed by atoms with Crippen molar-refractivity contribution in [3.63, 3.8) is 0 Å². The quantitative estimate of drug-likeness (QED) is 0.412. The molecular weight excluding hydrogens is 438 g/mol. The number of rotatable bonds is 4. The summed E-state index contributed by atoms with van der Waals surface area (Å²) in [7, 11) is 0. The van der Waals surface area contributed by atoms with E-state index in [2.05, 4.69) is 31.2 Å². The number of hydrogen-bond acceptors (Lipinski definition) is 4. The van der Waals surface area contributed by atoms with Crippen LogP contribution < -0.4 is 10.8 Å². The number of nitrogens with zero attached hydrogens (tertiary/aromatic N) is 3. The Morgan fingerprint density at radius 2 is 1.93 bits per heavy atom. The maximum absolute atomic E-state index is 8.75. The van der Waals surface area contributed by atoms with Gasteiger partial charge in [-0.1, -0.05) is 51.8 Å². The third-order valence-corrected chi connectivity index (χ3v) is 5.43. The van der Waals surface area contributed by atoms with Crippen molar-refractivity contribution in [3.05, 3.63) is 75.8 Å². The van der Waals surface area contributed by atoms with Crippen LogP contribution in [0.4, 0.5) is 11.6 Å². The number of para-hydroxylation sites is 1. The van der Waals surface area contributed by atoms with Gasteiger partial charge in [0.15, 0.2) is 0 Å². The van der Waals surface area contributed by atoms with Gasteiger partial charge in [0.1, 0.15) is 11.1 Å². The summed E-state index contributed by atoms with van der Waals surface area (Å²) in [5.41, 5.74) is 3.50. The Balaban J connectivity index is 1.89. The van der Waals surface area contributed by atoms with Gasteiger partial charge in [-0.25, -0.2) is 4.98 Å². The highest BCUT2D eigenvalue weighted by molar-refractivity contribution is 9.10. The van der Waals surface area contributed by atoms with Crippen molar-refractivity contribution in [1.29, 1.82) is 5.41 Å². The fourth-order valence-electron chi connectivity index (χ4n) is 3.14. The predicted octanol–water partition coefficient (Wildman–Crippen LogP) is 5.76.